The van der Waals surface area contributed by atoms with Crippen LogP contribution in [0.5, 0.6) is 0 Å². The van der Waals surface area contributed by atoms with Crippen molar-refractivity contribution in [2.45, 2.75) is 90.6 Å². The standard InChI is InChI=1S/C22H38O3/c1-3-5-6-7-8-9-10-11-12-13-14-15-16-17-18-19-22(24)25-21(4-2)20-23/h8-9,11-12,14-15,21,23H,3-7,10,13,16-20H2,1-2H3/b9-8-,12-11-,15-14-. The molecule has 0 amide bonds. The van der Waals surface area contributed by atoms with Crippen LogP contribution in [-0.2, 0) is 9.53 Å². The van der Waals surface area contributed by atoms with Crippen LogP contribution in [0, 0.1) is 0 Å². The van der Waals surface area contributed by atoms with E-state index in [-0.39, 0.29) is 18.7 Å². The molecular formula is C22H38O3. The molecule has 1 N–H and O–H groups in total. The predicted octanol–water partition coefficient (Wildman–Crippen LogP) is 5.89. The molecular weight excluding hydrogens is 312 g/mol. The summed E-state index contributed by atoms with van der Waals surface area (Å²) in [4.78, 5) is 11.5. The van der Waals surface area contributed by atoms with E-state index in [1.807, 2.05) is 6.92 Å². The van der Waals surface area contributed by atoms with Gasteiger partial charge in [0.15, 0.2) is 0 Å². The van der Waals surface area contributed by atoms with Gasteiger partial charge in [-0.1, -0.05) is 63.1 Å². The summed E-state index contributed by atoms with van der Waals surface area (Å²) < 4.78 is 5.15. The summed E-state index contributed by atoms with van der Waals surface area (Å²) in [5.41, 5.74) is 0. The number of unbranched alkanes of at least 4 members (excludes halogenated alkanes) is 5. The molecule has 0 rings (SSSR count). The van der Waals surface area contributed by atoms with Crippen molar-refractivity contribution in [1.29, 1.82) is 0 Å². The van der Waals surface area contributed by atoms with Crippen LogP contribution >= 0.6 is 0 Å². The van der Waals surface area contributed by atoms with E-state index in [1.165, 1.54) is 25.7 Å². The molecule has 0 fully saturated rings. The Morgan fingerprint density at radius 3 is 1.96 bits per heavy atom. The summed E-state index contributed by atoms with van der Waals surface area (Å²) in [5, 5.41) is 8.98. The van der Waals surface area contributed by atoms with Crippen molar-refractivity contribution in [3.8, 4) is 0 Å². The number of hydrogen-bond donors (Lipinski definition) is 1. The first-order chi connectivity index (χ1) is 12.2. The molecule has 0 aromatic rings. The SMILES string of the molecule is CCCCC/C=C\C/C=C\C/C=C\CCCCC(=O)OC(CC)CO. The van der Waals surface area contributed by atoms with Crippen LogP contribution in [0.3, 0.4) is 0 Å². The molecule has 1 unspecified atom stereocenters. The molecule has 0 saturated carbocycles. The second-order valence-electron chi connectivity index (χ2n) is 6.33. The molecule has 0 aliphatic heterocycles. The van der Waals surface area contributed by atoms with Crippen molar-refractivity contribution in [2.75, 3.05) is 6.61 Å². The minimum Gasteiger partial charge on any atom is -0.460 e. The number of carbonyl (C=O) groups is 1. The van der Waals surface area contributed by atoms with Gasteiger partial charge in [0.05, 0.1) is 6.61 Å². The van der Waals surface area contributed by atoms with Crippen LogP contribution in [0.25, 0.3) is 0 Å². The molecule has 144 valence electrons. The normalized spacial score (nSPS) is 13.2. The number of hydrogen-bond acceptors (Lipinski definition) is 3. The van der Waals surface area contributed by atoms with E-state index in [4.69, 9.17) is 9.84 Å². The minimum absolute atomic E-state index is 0.0901. The number of aliphatic hydroxyl groups excluding tert-OH is 1. The maximum absolute atomic E-state index is 11.5. The highest BCUT2D eigenvalue weighted by molar-refractivity contribution is 5.69. The lowest BCUT2D eigenvalue weighted by Gasteiger charge is -2.12. The van der Waals surface area contributed by atoms with Crippen molar-refractivity contribution in [2.24, 2.45) is 0 Å². The molecule has 0 heterocycles. The van der Waals surface area contributed by atoms with Crippen LogP contribution < -0.4 is 0 Å². The first-order valence-electron chi connectivity index (χ1n) is 9.99. The van der Waals surface area contributed by atoms with Crippen molar-refractivity contribution in [1.82, 2.24) is 0 Å². The van der Waals surface area contributed by atoms with Gasteiger partial charge in [-0.2, -0.15) is 0 Å². The Kier molecular flexibility index (Phi) is 18.0. The second-order valence-corrected chi connectivity index (χ2v) is 6.33. The summed E-state index contributed by atoms with van der Waals surface area (Å²) in [6.45, 7) is 4.04. The Morgan fingerprint density at radius 1 is 0.880 bits per heavy atom. The third-order valence-corrected chi connectivity index (χ3v) is 3.98. The van der Waals surface area contributed by atoms with Gasteiger partial charge in [-0.3, -0.25) is 4.79 Å². The van der Waals surface area contributed by atoms with Gasteiger partial charge in [0, 0.05) is 6.42 Å². The van der Waals surface area contributed by atoms with E-state index in [1.54, 1.807) is 0 Å². The Morgan fingerprint density at radius 2 is 1.44 bits per heavy atom. The van der Waals surface area contributed by atoms with E-state index in [2.05, 4.69) is 43.4 Å². The van der Waals surface area contributed by atoms with Crippen LogP contribution in [0.15, 0.2) is 36.5 Å². The van der Waals surface area contributed by atoms with E-state index >= 15 is 0 Å². The molecule has 3 heteroatoms. The molecule has 0 radical (unpaired) electrons. The zero-order chi connectivity index (χ0) is 18.6. The fraction of sp³-hybridized carbons (Fsp3) is 0.682. The maximum atomic E-state index is 11.5. The van der Waals surface area contributed by atoms with Crippen LogP contribution in [0.4, 0.5) is 0 Å². The zero-order valence-electron chi connectivity index (χ0n) is 16.3. The third-order valence-electron chi connectivity index (χ3n) is 3.98. The van der Waals surface area contributed by atoms with Crippen LogP contribution in [-0.4, -0.2) is 23.8 Å². The van der Waals surface area contributed by atoms with Crippen LogP contribution in [0.1, 0.15) is 84.5 Å². The summed E-state index contributed by atoms with van der Waals surface area (Å²) in [6, 6.07) is 0. The summed E-state index contributed by atoms with van der Waals surface area (Å²) >= 11 is 0. The Balaban J connectivity index is 3.48. The van der Waals surface area contributed by atoms with Crippen molar-refractivity contribution < 1.29 is 14.6 Å². The number of rotatable bonds is 16. The molecule has 0 aliphatic rings. The minimum atomic E-state index is -0.342. The van der Waals surface area contributed by atoms with Gasteiger partial charge in [0.1, 0.15) is 6.10 Å². The summed E-state index contributed by atoms with van der Waals surface area (Å²) in [5.74, 6) is -0.199. The quantitative estimate of drug-likeness (QED) is 0.214. The number of aliphatic hydroxyl groups is 1. The van der Waals surface area contributed by atoms with E-state index in [0.29, 0.717) is 12.8 Å². The van der Waals surface area contributed by atoms with Gasteiger partial charge < -0.3 is 9.84 Å². The fourth-order valence-corrected chi connectivity index (χ4v) is 2.32. The van der Waals surface area contributed by atoms with Gasteiger partial charge >= 0.3 is 5.97 Å². The lowest BCUT2D eigenvalue weighted by Crippen LogP contribution is -2.20. The monoisotopic (exact) mass is 350 g/mol. The van der Waals surface area contributed by atoms with Crippen molar-refractivity contribution in [3.63, 3.8) is 0 Å². The van der Waals surface area contributed by atoms with E-state index < -0.39 is 0 Å². The van der Waals surface area contributed by atoms with Crippen LogP contribution in [0.2, 0.25) is 0 Å². The molecule has 0 bridgehead atoms. The Labute approximate surface area is 154 Å². The number of esters is 1. The number of allylic oxidation sites excluding steroid dienone is 6. The first kappa shape index (κ1) is 23.6. The molecule has 25 heavy (non-hydrogen) atoms. The smallest absolute Gasteiger partial charge is 0.306 e. The van der Waals surface area contributed by atoms with Gasteiger partial charge in [-0.15, -0.1) is 0 Å². The lowest BCUT2D eigenvalue weighted by atomic mass is 10.1. The molecule has 0 aliphatic carbocycles. The average molecular weight is 351 g/mol. The Hall–Kier alpha value is -1.35. The third kappa shape index (κ3) is 17.3. The summed E-state index contributed by atoms with van der Waals surface area (Å²) in [7, 11) is 0. The van der Waals surface area contributed by atoms with Gasteiger partial charge in [-0.25, -0.2) is 0 Å². The van der Waals surface area contributed by atoms with Crippen molar-refractivity contribution in [3.05, 3.63) is 36.5 Å². The maximum Gasteiger partial charge on any atom is 0.306 e. The molecule has 0 spiro atoms. The van der Waals surface area contributed by atoms with E-state index in [0.717, 1.165) is 32.1 Å². The Bertz CT molecular complexity index is 379. The van der Waals surface area contributed by atoms with Crippen molar-refractivity contribution >= 4 is 5.97 Å². The molecule has 0 aromatic heterocycles. The predicted molar refractivity (Wildman–Crippen MR) is 107 cm³/mol. The van der Waals surface area contributed by atoms with Gasteiger partial charge in [0.2, 0.25) is 0 Å². The second kappa shape index (κ2) is 19.0. The topological polar surface area (TPSA) is 46.5 Å². The first-order valence-corrected chi connectivity index (χ1v) is 9.99. The largest absolute Gasteiger partial charge is 0.460 e. The molecule has 3 nitrogen and oxygen atoms in total. The summed E-state index contributed by atoms with van der Waals surface area (Å²) in [6.07, 6.45) is 24.0. The van der Waals surface area contributed by atoms with Gasteiger partial charge in [-0.05, 0) is 51.4 Å². The average Bonchev–Trinajstić information content (AvgIpc) is 2.62. The van der Waals surface area contributed by atoms with E-state index in [9.17, 15) is 4.79 Å². The molecule has 1 atom stereocenters. The fourth-order valence-electron chi connectivity index (χ4n) is 2.32. The number of carbonyl (C=O) groups excluding carboxylic acids is 1. The molecule has 0 saturated heterocycles. The lowest BCUT2D eigenvalue weighted by molar-refractivity contribution is -0.151. The highest BCUT2D eigenvalue weighted by atomic mass is 16.5. The number of ether oxygens (including phenoxy) is 1. The van der Waals surface area contributed by atoms with Gasteiger partial charge in [0.25, 0.3) is 0 Å². The zero-order valence-corrected chi connectivity index (χ0v) is 16.3. The molecule has 0 aromatic carbocycles. The highest BCUT2D eigenvalue weighted by Crippen LogP contribution is 2.06. The highest BCUT2D eigenvalue weighted by Gasteiger charge is 2.10.